The molecule has 2 aromatic rings. The highest BCUT2D eigenvalue weighted by molar-refractivity contribution is 5.80. The van der Waals surface area contributed by atoms with Crippen LogP contribution in [0.1, 0.15) is 44.6 Å². The minimum absolute atomic E-state index is 0.167. The van der Waals surface area contributed by atoms with Crippen molar-refractivity contribution in [1.29, 1.82) is 0 Å². The van der Waals surface area contributed by atoms with E-state index in [1.165, 1.54) is 0 Å². The number of carbonyl (C=O) groups excluding carboxylic acids is 1. The molecule has 6 nitrogen and oxygen atoms in total. The Balaban J connectivity index is 1.69. The van der Waals surface area contributed by atoms with Gasteiger partial charge in [0.2, 0.25) is 5.91 Å². The first-order chi connectivity index (χ1) is 15.3. The molecule has 1 amide bonds. The van der Waals surface area contributed by atoms with E-state index in [2.05, 4.69) is 5.32 Å². The molecule has 0 aliphatic heterocycles. The Hall–Kier alpha value is -3.15. The van der Waals surface area contributed by atoms with E-state index in [0.717, 1.165) is 16.7 Å². The molecule has 170 valence electrons. The van der Waals surface area contributed by atoms with Crippen molar-refractivity contribution >= 4 is 17.8 Å². The van der Waals surface area contributed by atoms with Gasteiger partial charge in [0, 0.05) is 12.0 Å². The zero-order chi connectivity index (χ0) is 23.1. The van der Waals surface area contributed by atoms with Crippen LogP contribution in [-0.4, -0.2) is 34.1 Å². The van der Waals surface area contributed by atoms with Crippen LogP contribution in [-0.2, 0) is 20.8 Å². The highest BCUT2D eigenvalue weighted by Crippen LogP contribution is 2.30. The van der Waals surface area contributed by atoms with Gasteiger partial charge in [0.25, 0.3) is 0 Å². The maximum atomic E-state index is 12.9. The van der Waals surface area contributed by atoms with Crippen LogP contribution in [0, 0.1) is 17.8 Å². The number of carbonyl (C=O) groups is 3. The Bertz CT molecular complexity index is 925. The summed E-state index contributed by atoms with van der Waals surface area (Å²) >= 11 is 0. The average molecular weight is 438 g/mol. The predicted molar refractivity (Wildman–Crippen MR) is 122 cm³/mol. The summed E-state index contributed by atoms with van der Waals surface area (Å²) < 4.78 is 0. The van der Waals surface area contributed by atoms with Crippen LogP contribution in [0.25, 0.3) is 11.1 Å². The number of aliphatic carboxylic acids is 2. The zero-order valence-electron chi connectivity index (χ0n) is 18.4. The van der Waals surface area contributed by atoms with Crippen molar-refractivity contribution in [2.45, 2.75) is 51.5 Å². The molecule has 0 unspecified atom stereocenters. The summed E-state index contributed by atoms with van der Waals surface area (Å²) in [7, 11) is 0. The van der Waals surface area contributed by atoms with Crippen molar-refractivity contribution in [1.82, 2.24) is 5.32 Å². The van der Waals surface area contributed by atoms with Crippen LogP contribution in [0.2, 0.25) is 0 Å². The molecule has 0 saturated heterocycles. The van der Waals surface area contributed by atoms with E-state index < -0.39 is 23.8 Å². The topological polar surface area (TPSA) is 104 Å². The van der Waals surface area contributed by atoms with Gasteiger partial charge in [-0.3, -0.25) is 14.4 Å². The monoisotopic (exact) mass is 437 g/mol. The zero-order valence-corrected chi connectivity index (χ0v) is 18.4. The summed E-state index contributed by atoms with van der Waals surface area (Å²) in [6.45, 7) is 1.64. The van der Waals surface area contributed by atoms with Gasteiger partial charge in [-0.05, 0) is 48.8 Å². The molecule has 1 aliphatic carbocycles. The Morgan fingerprint density at radius 2 is 1.56 bits per heavy atom. The molecule has 2 aromatic carbocycles. The lowest BCUT2D eigenvalue weighted by atomic mass is 9.80. The first-order valence-electron chi connectivity index (χ1n) is 11.2. The van der Waals surface area contributed by atoms with Crippen molar-refractivity contribution in [2.75, 3.05) is 0 Å². The highest BCUT2D eigenvalue weighted by Gasteiger charge is 2.32. The van der Waals surface area contributed by atoms with E-state index in [9.17, 15) is 24.6 Å². The Morgan fingerprint density at radius 3 is 2.19 bits per heavy atom. The molecule has 3 rings (SSSR count). The lowest BCUT2D eigenvalue weighted by Crippen LogP contribution is -2.43. The van der Waals surface area contributed by atoms with Crippen molar-refractivity contribution in [2.24, 2.45) is 17.8 Å². The molecule has 32 heavy (non-hydrogen) atoms. The molecular weight excluding hydrogens is 406 g/mol. The van der Waals surface area contributed by atoms with E-state index >= 15 is 0 Å². The molecule has 3 N–H and O–H groups in total. The second-order valence-corrected chi connectivity index (χ2v) is 8.85. The first-order valence-corrected chi connectivity index (χ1v) is 11.2. The van der Waals surface area contributed by atoms with Gasteiger partial charge in [-0.2, -0.15) is 0 Å². The van der Waals surface area contributed by atoms with E-state index in [0.29, 0.717) is 38.5 Å². The molecule has 1 fully saturated rings. The fraction of sp³-hybridized carbons (Fsp3) is 0.423. The summed E-state index contributed by atoms with van der Waals surface area (Å²) in [4.78, 5) is 35.7. The van der Waals surface area contributed by atoms with Gasteiger partial charge >= 0.3 is 11.9 Å². The lowest BCUT2D eigenvalue weighted by molar-refractivity contribution is -0.145. The molecule has 6 heteroatoms. The van der Waals surface area contributed by atoms with Crippen LogP contribution in [0.4, 0.5) is 0 Å². The summed E-state index contributed by atoms with van der Waals surface area (Å²) in [6, 6.07) is 17.8. The molecule has 1 saturated carbocycles. The SMILES string of the molecule is C[C@H](C[C@@H](Cc1ccc(-c2ccccc2)cc1)NC(=O)[C@@H]1CCC[C@H](C(=O)O)C1)C(=O)O. The van der Waals surface area contributed by atoms with E-state index in [-0.39, 0.29) is 17.9 Å². The molecular formula is C26H31NO5. The molecule has 0 radical (unpaired) electrons. The highest BCUT2D eigenvalue weighted by atomic mass is 16.4. The fourth-order valence-corrected chi connectivity index (χ4v) is 4.44. The third kappa shape index (κ3) is 6.42. The van der Waals surface area contributed by atoms with Crippen molar-refractivity contribution in [3.8, 4) is 11.1 Å². The summed E-state index contributed by atoms with van der Waals surface area (Å²) in [5, 5.41) is 21.7. The van der Waals surface area contributed by atoms with Crippen molar-refractivity contribution in [3.63, 3.8) is 0 Å². The quantitative estimate of drug-likeness (QED) is 0.540. The minimum Gasteiger partial charge on any atom is -0.481 e. The third-order valence-electron chi connectivity index (χ3n) is 6.34. The lowest BCUT2D eigenvalue weighted by Gasteiger charge is -2.28. The van der Waals surface area contributed by atoms with Gasteiger partial charge in [0.15, 0.2) is 0 Å². The minimum atomic E-state index is -0.896. The summed E-state index contributed by atoms with van der Waals surface area (Å²) in [5.41, 5.74) is 3.23. The number of carboxylic acid groups (broad SMARTS) is 2. The largest absolute Gasteiger partial charge is 0.481 e. The Labute approximate surface area is 188 Å². The van der Waals surface area contributed by atoms with Gasteiger partial charge in [-0.15, -0.1) is 0 Å². The second kappa shape index (κ2) is 10.9. The van der Waals surface area contributed by atoms with Crippen molar-refractivity contribution in [3.05, 3.63) is 60.2 Å². The molecule has 1 aliphatic rings. The van der Waals surface area contributed by atoms with Crippen LogP contribution in [0.15, 0.2) is 54.6 Å². The van der Waals surface area contributed by atoms with E-state index in [4.69, 9.17) is 0 Å². The normalized spacial score (nSPS) is 20.2. The molecule has 4 atom stereocenters. The number of amides is 1. The summed E-state index contributed by atoms with van der Waals surface area (Å²) in [6.07, 6.45) is 3.17. The van der Waals surface area contributed by atoms with E-state index in [1.54, 1.807) is 6.92 Å². The first kappa shape index (κ1) is 23.5. The number of carboxylic acids is 2. The molecule has 0 spiro atoms. The molecule has 0 aromatic heterocycles. The molecule has 0 bridgehead atoms. The second-order valence-electron chi connectivity index (χ2n) is 8.85. The van der Waals surface area contributed by atoms with Gasteiger partial charge in [0.05, 0.1) is 11.8 Å². The maximum Gasteiger partial charge on any atom is 0.306 e. The van der Waals surface area contributed by atoms with Crippen molar-refractivity contribution < 1.29 is 24.6 Å². The number of nitrogens with one attached hydrogen (secondary N) is 1. The van der Waals surface area contributed by atoms with Gasteiger partial charge in [0.1, 0.15) is 0 Å². The number of hydrogen-bond acceptors (Lipinski definition) is 3. The van der Waals surface area contributed by atoms with Gasteiger partial charge < -0.3 is 15.5 Å². The van der Waals surface area contributed by atoms with Crippen LogP contribution in [0.5, 0.6) is 0 Å². The van der Waals surface area contributed by atoms with Crippen LogP contribution in [0.3, 0.4) is 0 Å². The smallest absolute Gasteiger partial charge is 0.306 e. The number of hydrogen-bond donors (Lipinski definition) is 3. The average Bonchev–Trinajstić information content (AvgIpc) is 2.80. The number of rotatable bonds is 9. The Morgan fingerprint density at radius 1 is 0.938 bits per heavy atom. The predicted octanol–water partition coefficient (Wildman–Crippen LogP) is 4.38. The Kier molecular flexibility index (Phi) is 8.03. The fourth-order valence-electron chi connectivity index (χ4n) is 4.44. The van der Waals surface area contributed by atoms with E-state index in [1.807, 2.05) is 54.6 Å². The van der Waals surface area contributed by atoms with Gasteiger partial charge in [-0.1, -0.05) is 67.9 Å². The third-order valence-corrected chi connectivity index (χ3v) is 6.34. The van der Waals surface area contributed by atoms with Gasteiger partial charge in [-0.25, -0.2) is 0 Å². The molecule has 0 heterocycles. The number of benzene rings is 2. The standard InChI is InChI=1S/C26H31NO5/c1-17(25(29)30)14-23(27-24(28)21-8-5-9-22(16-21)26(31)32)15-18-10-12-20(13-11-18)19-6-3-2-4-7-19/h2-4,6-7,10-13,17,21-23H,5,8-9,14-16H2,1H3,(H,27,28)(H,29,30)(H,31,32)/t17-,21-,22+,23+/m1/s1. The summed E-state index contributed by atoms with van der Waals surface area (Å²) in [5.74, 6) is -3.33. The van der Waals surface area contributed by atoms with Crippen LogP contribution >= 0.6 is 0 Å². The van der Waals surface area contributed by atoms with Crippen LogP contribution < -0.4 is 5.32 Å². The maximum absolute atomic E-state index is 12.9.